The van der Waals surface area contributed by atoms with Gasteiger partial charge in [-0.25, -0.2) is 0 Å². The van der Waals surface area contributed by atoms with E-state index in [-0.39, 0.29) is 0 Å². The lowest BCUT2D eigenvalue weighted by Crippen LogP contribution is -2.53. The van der Waals surface area contributed by atoms with Gasteiger partial charge in [-0.1, -0.05) is 12.1 Å². The molecule has 0 aromatic heterocycles. The Kier molecular flexibility index (Phi) is 1.84. The molecule has 15 heavy (non-hydrogen) atoms. The second-order valence-electron chi connectivity index (χ2n) is 4.77. The maximum absolute atomic E-state index is 9.79. The van der Waals surface area contributed by atoms with Crippen molar-refractivity contribution in [3.8, 4) is 5.75 Å². The third-order valence-corrected chi connectivity index (χ3v) is 3.83. The van der Waals surface area contributed by atoms with Crippen LogP contribution in [0.25, 0.3) is 0 Å². The van der Waals surface area contributed by atoms with Gasteiger partial charge in [0.2, 0.25) is 0 Å². The highest BCUT2D eigenvalue weighted by molar-refractivity contribution is 5.84. The Morgan fingerprint density at radius 3 is 2.67 bits per heavy atom. The number of hydrogen-bond acceptors (Lipinski definition) is 2. The Morgan fingerprint density at radius 1 is 1.33 bits per heavy atom. The van der Waals surface area contributed by atoms with Crippen molar-refractivity contribution in [3.05, 3.63) is 29.3 Å². The maximum atomic E-state index is 9.79. The molecule has 3 saturated carbocycles. The molecule has 4 rings (SSSR count). The summed E-state index contributed by atoms with van der Waals surface area (Å²) < 4.78 is 0. The van der Waals surface area contributed by atoms with E-state index in [0.29, 0.717) is 11.8 Å². The standard InChI is InChI=1S/C13H15NO/c1-8-3-2-4-9(13(8)15)7-14-12-10-5-11(12)6-10/h2-4,7,10-12,15H,5-6H2,1H3. The highest BCUT2D eigenvalue weighted by Crippen LogP contribution is 2.55. The van der Waals surface area contributed by atoms with E-state index >= 15 is 0 Å². The monoisotopic (exact) mass is 201 g/mol. The summed E-state index contributed by atoms with van der Waals surface area (Å²) in [5.41, 5.74) is 1.76. The Morgan fingerprint density at radius 2 is 2.07 bits per heavy atom. The van der Waals surface area contributed by atoms with Crippen LogP contribution < -0.4 is 0 Å². The lowest BCUT2D eigenvalue weighted by atomic mass is 9.52. The number of phenolic OH excluding ortho intramolecular Hbond substituents is 1. The molecule has 1 aromatic carbocycles. The van der Waals surface area contributed by atoms with E-state index in [1.807, 2.05) is 31.3 Å². The molecule has 0 radical (unpaired) electrons. The van der Waals surface area contributed by atoms with Gasteiger partial charge in [-0.05, 0) is 43.2 Å². The smallest absolute Gasteiger partial charge is 0.127 e. The number of para-hydroxylation sites is 1. The highest BCUT2D eigenvalue weighted by atomic mass is 16.3. The van der Waals surface area contributed by atoms with Gasteiger partial charge in [-0.15, -0.1) is 0 Å². The van der Waals surface area contributed by atoms with E-state index in [1.165, 1.54) is 12.8 Å². The van der Waals surface area contributed by atoms with E-state index < -0.39 is 0 Å². The van der Waals surface area contributed by atoms with Crippen LogP contribution in [0.5, 0.6) is 5.75 Å². The molecule has 78 valence electrons. The molecule has 2 bridgehead atoms. The van der Waals surface area contributed by atoms with Gasteiger partial charge < -0.3 is 5.11 Å². The van der Waals surface area contributed by atoms with Crippen LogP contribution in [-0.4, -0.2) is 17.4 Å². The van der Waals surface area contributed by atoms with Crippen molar-refractivity contribution in [1.82, 2.24) is 0 Å². The maximum Gasteiger partial charge on any atom is 0.127 e. The van der Waals surface area contributed by atoms with Crippen LogP contribution in [0.3, 0.4) is 0 Å². The van der Waals surface area contributed by atoms with Crippen LogP contribution in [0, 0.1) is 18.8 Å². The van der Waals surface area contributed by atoms with E-state index in [2.05, 4.69) is 4.99 Å². The number of aliphatic imine (C=N–C) groups is 1. The molecular weight excluding hydrogens is 186 g/mol. The molecule has 0 amide bonds. The third kappa shape index (κ3) is 1.28. The number of nitrogens with zero attached hydrogens (tertiary/aromatic N) is 1. The zero-order valence-corrected chi connectivity index (χ0v) is 8.85. The van der Waals surface area contributed by atoms with Crippen LogP contribution in [-0.2, 0) is 0 Å². The van der Waals surface area contributed by atoms with Crippen molar-refractivity contribution >= 4 is 6.21 Å². The molecular formula is C13H15NO. The Labute approximate surface area is 89.7 Å². The molecule has 2 heteroatoms. The molecule has 0 unspecified atom stereocenters. The normalized spacial score (nSPS) is 32.5. The topological polar surface area (TPSA) is 32.6 Å². The lowest BCUT2D eigenvalue weighted by Gasteiger charge is -2.55. The van der Waals surface area contributed by atoms with Gasteiger partial charge in [0.05, 0.1) is 6.04 Å². The number of aromatic hydroxyl groups is 1. The van der Waals surface area contributed by atoms with Crippen LogP contribution in [0.4, 0.5) is 0 Å². The molecule has 2 nitrogen and oxygen atoms in total. The Hall–Kier alpha value is -1.31. The van der Waals surface area contributed by atoms with Crippen molar-refractivity contribution in [1.29, 1.82) is 0 Å². The fraction of sp³-hybridized carbons (Fsp3) is 0.462. The van der Waals surface area contributed by atoms with Gasteiger partial charge in [0.1, 0.15) is 5.75 Å². The number of benzene rings is 1. The first-order chi connectivity index (χ1) is 7.25. The number of rotatable bonds is 2. The van der Waals surface area contributed by atoms with Crippen LogP contribution in [0.1, 0.15) is 24.0 Å². The predicted octanol–water partition coefficient (Wildman–Crippen LogP) is 2.53. The van der Waals surface area contributed by atoms with Gasteiger partial charge in [-0.2, -0.15) is 0 Å². The van der Waals surface area contributed by atoms with E-state index in [9.17, 15) is 5.11 Å². The minimum atomic E-state index is 0.370. The second-order valence-corrected chi connectivity index (χ2v) is 4.77. The molecule has 0 saturated heterocycles. The van der Waals surface area contributed by atoms with Crippen molar-refractivity contribution < 1.29 is 5.11 Å². The summed E-state index contributed by atoms with van der Waals surface area (Å²) in [6, 6.07) is 6.34. The zero-order valence-electron chi connectivity index (χ0n) is 8.85. The van der Waals surface area contributed by atoms with Crippen LogP contribution >= 0.6 is 0 Å². The van der Waals surface area contributed by atoms with Crippen molar-refractivity contribution in [2.75, 3.05) is 0 Å². The van der Waals surface area contributed by atoms with Gasteiger partial charge in [0.25, 0.3) is 0 Å². The van der Waals surface area contributed by atoms with Crippen LogP contribution in [0.2, 0.25) is 0 Å². The van der Waals surface area contributed by atoms with E-state index in [0.717, 1.165) is 23.0 Å². The molecule has 0 heterocycles. The van der Waals surface area contributed by atoms with Gasteiger partial charge in [-0.3, -0.25) is 4.99 Å². The highest BCUT2D eigenvalue weighted by Gasteiger charge is 2.52. The summed E-state index contributed by atoms with van der Waals surface area (Å²) in [5.74, 6) is 2.06. The molecule has 0 atom stereocenters. The Balaban J connectivity index is 1.78. The number of phenols is 1. The Bertz CT molecular complexity index is 411. The zero-order chi connectivity index (χ0) is 10.4. The summed E-state index contributed by atoms with van der Waals surface area (Å²) in [5, 5.41) is 9.79. The largest absolute Gasteiger partial charge is 0.507 e. The molecule has 0 spiro atoms. The fourth-order valence-corrected chi connectivity index (χ4v) is 2.46. The first kappa shape index (κ1) is 8.96. The number of aryl methyl sites for hydroxylation is 1. The summed E-state index contributed by atoms with van der Waals surface area (Å²) in [4.78, 5) is 4.55. The van der Waals surface area contributed by atoms with Crippen LogP contribution in [0.15, 0.2) is 23.2 Å². The second kappa shape index (κ2) is 3.09. The van der Waals surface area contributed by atoms with Crippen molar-refractivity contribution in [3.63, 3.8) is 0 Å². The van der Waals surface area contributed by atoms with Gasteiger partial charge in [0, 0.05) is 11.8 Å². The number of hydrogen-bond donors (Lipinski definition) is 1. The van der Waals surface area contributed by atoms with Gasteiger partial charge >= 0.3 is 0 Å². The summed E-state index contributed by atoms with van der Waals surface area (Å²) in [7, 11) is 0. The summed E-state index contributed by atoms with van der Waals surface area (Å²) in [6.07, 6.45) is 4.59. The molecule has 1 N–H and O–H groups in total. The van der Waals surface area contributed by atoms with E-state index in [4.69, 9.17) is 0 Å². The predicted molar refractivity (Wildman–Crippen MR) is 60.4 cm³/mol. The first-order valence-electron chi connectivity index (χ1n) is 5.57. The summed E-state index contributed by atoms with van der Waals surface area (Å²) >= 11 is 0. The van der Waals surface area contributed by atoms with Crippen molar-refractivity contribution in [2.24, 2.45) is 16.8 Å². The molecule has 3 fully saturated rings. The fourth-order valence-electron chi connectivity index (χ4n) is 2.46. The SMILES string of the molecule is Cc1cccc(C=NC2C3CC2C3)c1O. The van der Waals surface area contributed by atoms with Gasteiger partial charge in [0.15, 0.2) is 0 Å². The average molecular weight is 201 g/mol. The minimum Gasteiger partial charge on any atom is -0.507 e. The molecule has 3 aliphatic rings. The molecule has 3 aliphatic carbocycles. The molecule has 1 aromatic rings. The average Bonchev–Trinajstić information content (AvgIpc) is 2.08. The minimum absolute atomic E-state index is 0.370. The lowest BCUT2D eigenvalue weighted by molar-refractivity contribution is -0.0151. The van der Waals surface area contributed by atoms with Crippen molar-refractivity contribution in [2.45, 2.75) is 25.8 Å². The summed E-state index contributed by atoms with van der Waals surface area (Å²) in [6.45, 7) is 1.91. The van der Waals surface area contributed by atoms with E-state index in [1.54, 1.807) is 0 Å². The molecule has 0 aliphatic heterocycles. The first-order valence-corrected chi connectivity index (χ1v) is 5.57. The third-order valence-electron chi connectivity index (χ3n) is 3.83. The quantitative estimate of drug-likeness (QED) is 0.733.